The lowest BCUT2D eigenvalue weighted by Gasteiger charge is -2.41. The van der Waals surface area contributed by atoms with Crippen molar-refractivity contribution in [3.05, 3.63) is 64.3 Å². The van der Waals surface area contributed by atoms with Gasteiger partial charge in [0, 0.05) is 30.4 Å². The number of nitrogens with zero attached hydrogens (tertiary/aromatic N) is 6. The van der Waals surface area contributed by atoms with Crippen molar-refractivity contribution in [3.63, 3.8) is 0 Å². The standard InChI is InChI=1S/C26H28Cl2N6/c27-21-9-4-1-6-19(21)16-18-10-14-33(15-11-18)26(12-5-13-30-26)23-22-24(32-25(28)31-23)34(17-29-22)20-7-2-3-8-20/h1,4-6,9,12-13,17-18,20H,2-3,7-8,10-11,14-16H2. The number of benzene rings is 1. The van der Waals surface area contributed by atoms with Gasteiger partial charge in [0.15, 0.2) is 11.3 Å². The molecular formula is C26H28Cl2N6. The number of aromatic nitrogens is 4. The van der Waals surface area contributed by atoms with E-state index in [4.69, 9.17) is 38.2 Å². The minimum Gasteiger partial charge on any atom is -0.312 e. The predicted molar refractivity (Wildman–Crippen MR) is 137 cm³/mol. The SMILES string of the molecule is Clc1nc(C2(N3CCC(Cc4ccccc4Cl)CC3)C=CC=N2)c2ncn(C3CCCC3)c2n1. The third kappa shape index (κ3) is 3.86. The van der Waals surface area contributed by atoms with Crippen molar-refractivity contribution in [1.29, 1.82) is 0 Å². The summed E-state index contributed by atoms with van der Waals surface area (Å²) >= 11 is 12.9. The van der Waals surface area contributed by atoms with Gasteiger partial charge in [-0.25, -0.2) is 9.97 Å². The van der Waals surface area contributed by atoms with Crippen molar-refractivity contribution in [2.24, 2.45) is 10.9 Å². The first-order valence-electron chi connectivity index (χ1n) is 12.3. The zero-order valence-electron chi connectivity index (χ0n) is 19.1. The van der Waals surface area contributed by atoms with Crippen molar-refractivity contribution >= 4 is 40.6 Å². The molecule has 1 atom stereocenters. The third-order valence-corrected chi connectivity index (χ3v) is 8.25. The van der Waals surface area contributed by atoms with Crippen molar-refractivity contribution in [1.82, 2.24) is 24.4 Å². The number of rotatable bonds is 5. The van der Waals surface area contributed by atoms with E-state index in [1.54, 1.807) is 0 Å². The van der Waals surface area contributed by atoms with E-state index in [0.29, 0.717) is 12.0 Å². The predicted octanol–water partition coefficient (Wildman–Crippen LogP) is 6.00. The third-order valence-electron chi connectivity index (χ3n) is 7.71. The van der Waals surface area contributed by atoms with Gasteiger partial charge in [0.1, 0.15) is 11.2 Å². The van der Waals surface area contributed by atoms with Crippen LogP contribution in [0.15, 0.2) is 47.7 Å². The average Bonchev–Trinajstić information content (AvgIpc) is 3.61. The Morgan fingerprint density at radius 3 is 2.53 bits per heavy atom. The molecule has 3 aromatic rings. The summed E-state index contributed by atoms with van der Waals surface area (Å²) in [6.07, 6.45) is 15.9. The Balaban J connectivity index is 1.30. The number of allylic oxidation sites excluding steroid dienone is 1. The first-order chi connectivity index (χ1) is 16.6. The highest BCUT2D eigenvalue weighted by Gasteiger charge is 2.43. The van der Waals surface area contributed by atoms with E-state index in [2.05, 4.69) is 32.7 Å². The molecule has 176 valence electrons. The van der Waals surface area contributed by atoms with Gasteiger partial charge in [0.05, 0.1) is 6.33 Å². The maximum absolute atomic E-state index is 6.50. The summed E-state index contributed by atoms with van der Waals surface area (Å²) in [6.45, 7) is 1.84. The summed E-state index contributed by atoms with van der Waals surface area (Å²) in [5, 5.41) is 1.12. The number of aliphatic imine (C=N–C) groups is 1. The molecule has 34 heavy (non-hydrogen) atoms. The van der Waals surface area contributed by atoms with E-state index in [0.717, 1.165) is 67.1 Å². The number of halogens is 2. The maximum atomic E-state index is 6.50. The van der Waals surface area contributed by atoms with E-state index < -0.39 is 5.66 Å². The Hall–Kier alpha value is -2.28. The molecule has 0 N–H and O–H groups in total. The van der Waals surface area contributed by atoms with Crippen molar-refractivity contribution in [2.75, 3.05) is 13.1 Å². The molecule has 0 spiro atoms. The fourth-order valence-electron chi connectivity index (χ4n) is 5.90. The molecule has 1 saturated carbocycles. The van der Waals surface area contributed by atoms with E-state index >= 15 is 0 Å². The molecule has 3 aliphatic rings. The van der Waals surface area contributed by atoms with E-state index in [1.165, 1.54) is 18.4 Å². The van der Waals surface area contributed by atoms with Crippen molar-refractivity contribution in [3.8, 4) is 0 Å². The fourth-order valence-corrected chi connectivity index (χ4v) is 6.28. The number of fused-ring (bicyclic) bond motifs is 1. The molecule has 2 aromatic heterocycles. The number of hydrogen-bond donors (Lipinski definition) is 0. The second kappa shape index (κ2) is 9.06. The number of imidazole rings is 1. The van der Waals surface area contributed by atoms with Gasteiger partial charge in [0.2, 0.25) is 5.28 Å². The van der Waals surface area contributed by atoms with Crippen LogP contribution in [-0.2, 0) is 12.1 Å². The largest absolute Gasteiger partial charge is 0.312 e. The molecule has 6 rings (SSSR count). The van der Waals surface area contributed by atoms with Gasteiger partial charge >= 0.3 is 0 Å². The first kappa shape index (κ1) is 22.2. The smallest absolute Gasteiger partial charge is 0.224 e. The van der Waals surface area contributed by atoms with Gasteiger partial charge in [0.25, 0.3) is 0 Å². The lowest BCUT2D eigenvalue weighted by molar-refractivity contribution is 0.0866. The van der Waals surface area contributed by atoms with Gasteiger partial charge in [-0.3, -0.25) is 9.89 Å². The first-order valence-corrected chi connectivity index (χ1v) is 13.0. The minimum atomic E-state index is -0.685. The minimum absolute atomic E-state index is 0.255. The highest BCUT2D eigenvalue weighted by atomic mass is 35.5. The second-order valence-corrected chi connectivity index (χ2v) is 10.4. The van der Waals surface area contributed by atoms with Crippen LogP contribution in [-0.4, -0.2) is 43.7 Å². The molecule has 2 fully saturated rings. The van der Waals surface area contributed by atoms with Gasteiger partial charge in [-0.05, 0) is 73.4 Å². The van der Waals surface area contributed by atoms with Gasteiger partial charge in [-0.1, -0.05) is 42.6 Å². The van der Waals surface area contributed by atoms with Gasteiger partial charge in [-0.2, -0.15) is 4.98 Å². The maximum Gasteiger partial charge on any atom is 0.224 e. The van der Waals surface area contributed by atoms with Crippen LogP contribution in [0.25, 0.3) is 11.2 Å². The zero-order chi connectivity index (χ0) is 23.1. The Labute approximate surface area is 209 Å². The van der Waals surface area contributed by atoms with Crippen molar-refractivity contribution < 1.29 is 0 Å². The molecule has 0 bridgehead atoms. The topological polar surface area (TPSA) is 59.2 Å². The quantitative estimate of drug-likeness (QED) is 0.408. The molecule has 1 aromatic carbocycles. The Kier molecular flexibility index (Phi) is 5.92. The molecule has 4 heterocycles. The van der Waals surface area contributed by atoms with Crippen LogP contribution >= 0.6 is 23.2 Å². The van der Waals surface area contributed by atoms with E-state index in [-0.39, 0.29) is 5.28 Å². The summed E-state index contributed by atoms with van der Waals surface area (Å²) in [6, 6.07) is 8.61. The van der Waals surface area contributed by atoms with Crippen LogP contribution in [0.3, 0.4) is 0 Å². The van der Waals surface area contributed by atoms with Crippen LogP contribution in [0.5, 0.6) is 0 Å². The summed E-state index contributed by atoms with van der Waals surface area (Å²) < 4.78 is 2.20. The fraction of sp³-hybridized carbons (Fsp3) is 0.462. The second-order valence-electron chi connectivity index (χ2n) is 9.69. The molecule has 1 saturated heterocycles. The molecule has 8 heteroatoms. The van der Waals surface area contributed by atoms with Crippen LogP contribution in [0.1, 0.15) is 55.8 Å². The molecule has 1 unspecified atom stereocenters. The lowest BCUT2D eigenvalue weighted by atomic mass is 9.88. The zero-order valence-corrected chi connectivity index (χ0v) is 20.6. The number of likely N-dealkylation sites (tertiary alicyclic amines) is 1. The Bertz CT molecular complexity index is 1240. The van der Waals surface area contributed by atoms with E-state index in [1.807, 2.05) is 30.8 Å². The Morgan fingerprint density at radius 2 is 1.79 bits per heavy atom. The summed E-state index contributed by atoms with van der Waals surface area (Å²) in [7, 11) is 0. The highest BCUT2D eigenvalue weighted by molar-refractivity contribution is 6.31. The van der Waals surface area contributed by atoms with Crippen LogP contribution in [0.4, 0.5) is 0 Å². The van der Waals surface area contributed by atoms with Gasteiger partial charge < -0.3 is 4.57 Å². The average molecular weight is 495 g/mol. The summed E-state index contributed by atoms with van der Waals surface area (Å²) in [4.78, 5) is 21.5. The lowest BCUT2D eigenvalue weighted by Crippen LogP contribution is -2.48. The van der Waals surface area contributed by atoms with Crippen LogP contribution in [0.2, 0.25) is 10.3 Å². The summed E-state index contributed by atoms with van der Waals surface area (Å²) in [5.74, 6) is 0.596. The molecule has 0 radical (unpaired) electrons. The van der Waals surface area contributed by atoms with E-state index in [9.17, 15) is 0 Å². The molecule has 1 aliphatic carbocycles. The molecule has 0 amide bonds. The molecule has 2 aliphatic heterocycles. The van der Waals surface area contributed by atoms with Crippen LogP contribution in [0, 0.1) is 5.92 Å². The Morgan fingerprint density at radius 1 is 1.00 bits per heavy atom. The number of hydrogen-bond acceptors (Lipinski definition) is 5. The summed E-state index contributed by atoms with van der Waals surface area (Å²) in [5.41, 5.74) is 2.96. The monoisotopic (exact) mass is 494 g/mol. The highest BCUT2D eigenvalue weighted by Crippen LogP contribution is 2.41. The molecular weight excluding hydrogens is 467 g/mol. The molecule has 6 nitrogen and oxygen atoms in total. The number of piperidine rings is 1. The van der Waals surface area contributed by atoms with Gasteiger partial charge in [-0.15, -0.1) is 0 Å². The van der Waals surface area contributed by atoms with Crippen molar-refractivity contribution in [2.45, 2.75) is 56.7 Å². The normalized spacial score (nSPS) is 24.1. The van der Waals surface area contributed by atoms with Crippen LogP contribution < -0.4 is 0 Å².